The number of hydrogen-bond acceptors (Lipinski definition) is 2. The van der Waals surface area contributed by atoms with Crippen LogP contribution >= 0.6 is 0 Å². The molecule has 0 spiro atoms. The Kier molecular flexibility index (Phi) is 2.13. The Hall–Kier alpha value is -1.57. The van der Waals surface area contributed by atoms with Crippen LogP contribution in [0.2, 0.25) is 0 Å². The third-order valence-electron chi connectivity index (χ3n) is 2.02. The SMILES string of the molecule is CC1C=C(c2ccccc2)NC=N1. The predicted molar refractivity (Wildman–Crippen MR) is 55.5 cm³/mol. The van der Waals surface area contributed by atoms with Crippen LogP contribution in [0.25, 0.3) is 5.70 Å². The zero-order valence-electron chi connectivity index (χ0n) is 7.57. The van der Waals surface area contributed by atoms with Crippen molar-refractivity contribution in [1.29, 1.82) is 0 Å². The minimum atomic E-state index is 0.274. The Bertz CT molecular complexity index is 338. The van der Waals surface area contributed by atoms with Gasteiger partial charge in [-0.3, -0.25) is 4.99 Å². The van der Waals surface area contributed by atoms with Gasteiger partial charge >= 0.3 is 0 Å². The van der Waals surface area contributed by atoms with E-state index in [0.717, 1.165) is 5.70 Å². The van der Waals surface area contributed by atoms with E-state index in [4.69, 9.17) is 0 Å². The zero-order valence-corrected chi connectivity index (χ0v) is 7.57. The molecule has 0 amide bonds. The molecule has 1 heterocycles. The lowest BCUT2D eigenvalue weighted by Gasteiger charge is -2.13. The van der Waals surface area contributed by atoms with Crippen molar-refractivity contribution in [2.24, 2.45) is 4.99 Å². The number of rotatable bonds is 1. The molecule has 0 aromatic heterocycles. The van der Waals surface area contributed by atoms with Gasteiger partial charge < -0.3 is 5.32 Å². The molecule has 1 aromatic rings. The summed E-state index contributed by atoms with van der Waals surface area (Å²) in [7, 11) is 0. The molecule has 1 atom stereocenters. The van der Waals surface area contributed by atoms with E-state index in [2.05, 4.69) is 35.4 Å². The van der Waals surface area contributed by atoms with E-state index < -0.39 is 0 Å². The number of benzene rings is 1. The average Bonchev–Trinajstić information content (AvgIpc) is 2.19. The Morgan fingerprint density at radius 1 is 1.23 bits per heavy atom. The van der Waals surface area contributed by atoms with Gasteiger partial charge in [0.15, 0.2) is 0 Å². The van der Waals surface area contributed by atoms with Gasteiger partial charge in [-0.2, -0.15) is 0 Å². The minimum absolute atomic E-state index is 0.274. The molecule has 2 rings (SSSR count). The van der Waals surface area contributed by atoms with Crippen molar-refractivity contribution in [3.05, 3.63) is 42.0 Å². The highest BCUT2D eigenvalue weighted by Gasteiger charge is 2.05. The first-order chi connectivity index (χ1) is 6.36. The molecule has 0 saturated carbocycles. The van der Waals surface area contributed by atoms with Crippen LogP contribution < -0.4 is 5.32 Å². The van der Waals surface area contributed by atoms with E-state index in [-0.39, 0.29) is 6.04 Å². The Morgan fingerprint density at radius 3 is 2.69 bits per heavy atom. The van der Waals surface area contributed by atoms with Gasteiger partial charge in [-0.05, 0) is 18.6 Å². The third-order valence-corrected chi connectivity index (χ3v) is 2.02. The minimum Gasteiger partial charge on any atom is -0.346 e. The molecule has 0 fully saturated rings. The maximum atomic E-state index is 4.19. The van der Waals surface area contributed by atoms with Gasteiger partial charge in [0.05, 0.1) is 12.4 Å². The van der Waals surface area contributed by atoms with Gasteiger partial charge in [0.1, 0.15) is 0 Å². The number of nitrogens with zero attached hydrogens (tertiary/aromatic N) is 1. The fourth-order valence-electron chi connectivity index (χ4n) is 1.35. The van der Waals surface area contributed by atoms with Crippen LogP contribution in [-0.4, -0.2) is 12.4 Å². The largest absolute Gasteiger partial charge is 0.346 e. The van der Waals surface area contributed by atoms with Gasteiger partial charge in [0, 0.05) is 5.70 Å². The van der Waals surface area contributed by atoms with E-state index >= 15 is 0 Å². The van der Waals surface area contributed by atoms with E-state index in [9.17, 15) is 0 Å². The van der Waals surface area contributed by atoms with Crippen LogP contribution in [0, 0.1) is 0 Å². The average molecular weight is 172 g/mol. The summed E-state index contributed by atoms with van der Waals surface area (Å²) in [4.78, 5) is 4.19. The molecule has 1 N–H and O–H groups in total. The van der Waals surface area contributed by atoms with Crippen LogP contribution in [0.1, 0.15) is 12.5 Å². The molecule has 0 aliphatic carbocycles. The first kappa shape index (κ1) is 8.05. The first-order valence-electron chi connectivity index (χ1n) is 4.42. The van der Waals surface area contributed by atoms with Crippen LogP contribution in [0.4, 0.5) is 0 Å². The van der Waals surface area contributed by atoms with Gasteiger partial charge in [0.2, 0.25) is 0 Å². The van der Waals surface area contributed by atoms with Crippen molar-refractivity contribution in [2.75, 3.05) is 0 Å². The smallest absolute Gasteiger partial charge is 0.0875 e. The summed E-state index contributed by atoms with van der Waals surface area (Å²) in [6.07, 6.45) is 3.88. The van der Waals surface area contributed by atoms with Crippen molar-refractivity contribution in [2.45, 2.75) is 13.0 Å². The van der Waals surface area contributed by atoms with Gasteiger partial charge in [-0.1, -0.05) is 30.3 Å². The summed E-state index contributed by atoms with van der Waals surface area (Å²) >= 11 is 0. The van der Waals surface area contributed by atoms with E-state index in [0.29, 0.717) is 0 Å². The summed E-state index contributed by atoms with van der Waals surface area (Å²) in [5.41, 5.74) is 2.35. The number of hydrogen-bond donors (Lipinski definition) is 1. The van der Waals surface area contributed by atoms with Crippen LogP contribution in [0.3, 0.4) is 0 Å². The lowest BCUT2D eigenvalue weighted by atomic mass is 10.1. The fraction of sp³-hybridized carbons (Fsp3) is 0.182. The third kappa shape index (κ3) is 1.78. The highest BCUT2D eigenvalue weighted by Crippen LogP contribution is 2.13. The second-order valence-corrected chi connectivity index (χ2v) is 3.11. The molecule has 0 saturated heterocycles. The van der Waals surface area contributed by atoms with E-state index in [1.807, 2.05) is 18.2 Å². The predicted octanol–water partition coefficient (Wildman–Crippen LogP) is 2.05. The van der Waals surface area contributed by atoms with Crippen molar-refractivity contribution >= 4 is 12.0 Å². The molecule has 1 unspecified atom stereocenters. The lowest BCUT2D eigenvalue weighted by Crippen LogP contribution is -2.17. The fourth-order valence-corrected chi connectivity index (χ4v) is 1.35. The standard InChI is InChI=1S/C11H12N2/c1-9-7-11(13-8-12-9)10-5-3-2-4-6-10/h2-9H,1H3,(H,12,13). The van der Waals surface area contributed by atoms with Crippen LogP contribution in [0.5, 0.6) is 0 Å². The quantitative estimate of drug-likeness (QED) is 0.688. The summed E-state index contributed by atoms with van der Waals surface area (Å²) < 4.78 is 0. The molecular formula is C11H12N2. The van der Waals surface area contributed by atoms with Crippen molar-refractivity contribution in [3.63, 3.8) is 0 Å². The number of nitrogens with one attached hydrogen (secondary N) is 1. The molecule has 13 heavy (non-hydrogen) atoms. The molecule has 66 valence electrons. The Balaban J connectivity index is 2.28. The highest BCUT2D eigenvalue weighted by molar-refractivity contribution is 5.78. The molecule has 2 heteroatoms. The van der Waals surface area contributed by atoms with Gasteiger partial charge in [-0.25, -0.2) is 0 Å². The van der Waals surface area contributed by atoms with Gasteiger partial charge in [-0.15, -0.1) is 0 Å². The number of aliphatic imine (C=N–C) groups is 1. The van der Waals surface area contributed by atoms with Crippen molar-refractivity contribution in [1.82, 2.24) is 5.32 Å². The molecule has 0 bridgehead atoms. The zero-order chi connectivity index (χ0) is 9.10. The summed E-state index contributed by atoms with van der Waals surface area (Å²) in [5, 5.41) is 3.14. The molecule has 1 aromatic carbocycles. The van der Waals surface area contributed by atoms with Crippen LogP contribution in [-0.2, 0) is 0 Å². The Labute approximate surface area is 78.0 Å². The molecule has 1 aliphatic rings. The molecule has 0 radical (unpaired) electrons. The maximum Gasteiger partial charge on any atom is 0.0875 e. The van der Waals surface area contributed by atoms with Gasteiger partial charge in [0.25, 0.3) is 0 Å². The van der Waals surface area contributed by atoms with Crippen molar-refractivity contribution in [3.8, 4) is 0 Å². The summed E-state index contributed by atoms with van der Waals surface area (Å²) in [5.74, 6) is 0. The maximum absolute atomic E-state index is 4.19. The molecule has 2 nitrogen and oxygen atoms in total. The summed E-state index contributed by atoms with van der Waals surface area (Å²) in [6.45, 7) is 2.07. The normalized spacial score (nSPS) is 20.7. The molecule has 1 aliphatic heterocycles. The summed E-state index contributed by atoms with van der Waals surface area (Å²) in [6, 6.07) is 10.5. The van der Waals surface area contributed by atoms with Crippen LogP contribution in [0.15, 0.2) is 41.4 Å². The lowest BCUT2D eigenvalue weighted by molar-refractivity contribution is 0.905. The van der Waals surface area contributed by atoms with E-state index in [1.54, 1.807) is 6.34 Å². The van der Waals surface area contributed by atoms with Crippen molar-refractivity contribution < 1.29 is 0 Å². The second kappa shape index (κ2) is 3.44. The van der Waals surface area contributed by atoms with E-state index in [1.165, 1.54) is 5.56 Å². The topological polar surface area (TPSA) is 24.4 Å². The monoisotopic (exact) mass is 172 g/mol. The highest BCUT2D eigenvalue weighted by atomic mass is 15.0. The molecular weight excluding hydrogens is 160 g/mol. The Morgan fingerprint density at radius 2 is 2.00 bits per heavy atom. The first-order valence-corrected chi connectivity index (χ1v) is 4.42. The second-order valence-electron chi connectivity index (χ2n) is 3.11.